The summed E-state index contributed by atoms with van der Waals surface area (Å²) < 4.78 is 0. The first-order chi connectivity index (χ1) is 11.1. The van der Waals surface area contributed by atoms with Gasteiger partial charge in [0.2, 0.25) is 5.95 Å². The first kappa shape index (κ1) is 15.3. The van der Waals surface area contributed by atoms with Gasteiger partial charge in [-0.3, -0.25) is 0 Å². The van der Waals surface area contributed by atoms with Crippen LogP contribution in [0.15, 0.2) is 54.6 Å². The molecule has 0 spiro atoms. The summed E-state index contributed by atoms with van der Waals surface area (Å²) in [7, 11) is 0. The van der Waals surface area contributed by atoms with Crippen LogP contribution in [0.1, 0.15) is 11.3 Å². The molecule has 1 heterocycles. The number of hydrogen-bond acceptors (Lipinski definition) is 4. The Labute approximate surface area is 140 Å². The van der Waals surface area contributed by atoms with Crippen LogP contribution >= 0.6 is 11.6 Å². The third kappa shape index (κ3) is 3.79. The fourth-order valence-corrected chi connectivity index (χ4v) is 2.39. The van der Waals surface area contributed by atoms with E-state index in [4.69, 9.17) is 11.6 Å². The van der Waals surface area contributed by atoms with Gasteiger partial charge in [-0.05, 0) is 43.7 Å². The smallest absolute Gasteiger partial charge is 0.229 e. The molecule has 5 heteroatoms. The Morgan fingerprint density at radius 3 is 2.43 bits per heavy atom. The van der Waals surface area contributed by atoms with Crippen molar-refractivity contribution >= 4 is 34.7 Å². The number of nitrogens with zero attached hydrogens (tertiary/aromatic N) is 2. The number of rotatable bonds is 4. The van der Waals surface area contributed by atoms with E-state index < -0.39 is 0 Å². The van der Waals surface area contributed by atoms with E-state index in [-0.39, 0.29) is 0 Å². The summed E-state index contributed by atoms with van der Waals surface area (Å²) in [6.07, 6.45) is 0. The molecule has 0 aliphatic heterocycles. The number of aromatic nitrogens is 2. The zero-order valence-electron chi connectivity index (χ0n) is 13.0. The van der Waals surface area contributed by atoms with E-state index in [1.165, 1.54) is 0 Å². The molecule has 0 unspecified atom stereocenters. The molecule has 23 heavy (non-hydrogen) atoms. The van der Waals surface area contributed by atoms with Crippen LogP contribution in [0.3, 0.4) is 0 Å². The fraction of sp³-hybridized carbons (Fsp3) is 0.111. The lowest BCUT2D eigenvalue weighted by molar-refractivity contribution is 1.11. The van der Waals surface area contributed by atoms with Gasteiger partial charge in [0.15, 0.2) is 0 Å². The SMILES string of the molecule is Cc1cc(Nc2cccc(Cl)c2C)nc(Nc2ccccc2)n1. The Morgan fingerprint density at radius 1 is 0.870 bits per heavy atom. The molecule has 1 aromatic heterocycles. The van der Waals surface area contributed by atoms with Crippen molar-refractivity contribution in [2.24, 2.45) is 0 Å². The predicted molar refractivity (Wildman–Crippen MR) is 96.0 cm³/mol. The number of benzene rings is 2. The van der Waals surface area contributed by atoms with Crippen molar-refractivity contribution in [1.82, 2.24) is 9.97 Å². The van der Waals surface area contributed by atoms with Crippen molar-refractivity contribution in [2.45, 2.75) is 13.8 Å². The van der Waals surface area contributed by atoms with Crippen LogP contribution in [0.2, 0.25) is 5.02 Å². The van der Waals surface area contributed by atoms with Crippen LogP contribution in [0.25, 0.3) is 0 Å². The summed E-state index contributed by atoms with van der Waals surface area (Å²) in [6.45, 7) is 3.91. The third-order valence-corrected chi connectivity index (χ3v) is 3.82. The highest BCUT2D eigenvalue weighted by Crippen LogP contribution is 2.26. The molecule has 2 aromatic carbocycles. The Kier molecular flexibility index (Phi) is 4.44. The summed E-state index contributed by atoms with van der Waals surface area (Å²) in [5, 5.41) is 7.24. The molecule has 0 aliphatic rings. The van der Waals surface area contributed by atoms with E-state index in [9.17, 15) is 0 Å². The van der Waals surface area contributed by atoms with Gasteiger partial charge in [0.05, 0.1) is 0 Å². The molecule has 3 rings (SSSR count). The van der Waals surface area contributed by atoms with Crippen molar-refractivity contribution in [1.29, 1.82) is 0 Å². The highest BCUT2D eigenvalue weighted by atomic mass is 35.5. The van der Waals surface area contributed by atoms with Crippen LogP contribution in [0.5, 0.6) is 0 Å². The molecule has 0 amide bonds. The zero-order chi connectivity index (χ0) is 16.2. The monoisotopic (exact) mass is 324 g/mol. The highest BCUT2D eigenvalue weighted by Gasteiger charge is 2.06. The molecular formula is C18H17ClN4. The van der Waals surface area contributed by atoms with Crippen molar-refractivity contribution < 1.29 is 0 Å². The second-order valence-electron chi connectivity index (χ2n) is 5.25. The van der Waals surface area contributed by atoms with Crippen molar-refractivity contribution in [3.05, 3.63) is 70.9 Å². The number of aryl methyl sites for hydroxylation is 1. The maximum absolute atomic E-state index is 6.16. The lowest BCUT2D eigenvalue weighted by atomic mass is 10.2. The third-order valence-electron chi connectivity index (χ3n) is 3.41. The van der Waals surface area contributed by atoms with Crippen LogP contribution in [0.4, 0.5) is 23.1 Å². The molecule has 3 aromatic rings. The standard InChI is InChI=1S/C18H17ClN4/c1-12-11-17(22-16-10-6-9-15(19)13(16)2)23-18(20-12)21-14-7-4-3-5-8-14/h3-11H,1-2H3,(H2,20,21,22,23). The van der Waals surface area contributed by atoms with E-state index in [0.717, 1.165) is 33.5 Å². The molecule has 0 atom stereocenters. The van der Waals surface area contributed by atoms with Gasteiger partial charge < -0.3 is 10.6 Å². The first-order valence-electron chi connectivity index (χ1n) is 7.32. The van der Waals surface area contributed by atoms with Crippen LogP contribution < -0.4 is 10.6 Å². The van der Waals surface area contributed by atoms with Crippen molar-refractivity contribution in [2.75, 3.05) is 10.6 Å². The molecule has 2 N–H and O–H groups in total. The van der Waals surface area contributed by atoms with Crippen LogP contribution in [-0.2, 0) is 0 Å². The minimum atomic E-state index is 0.554. The predicted octanol–water partition coefficient (Wildman–Crippen LogP) is 5.23. The summed E-state index contributed by atoms with van der Waals surface area (Å²) in [6, 6.07) is 17.5. The lowest BCUT2D eigenvalue weighted by Crippen LogP contribution is -2.03. The summed E-state index contributed by atoms with van der Waals surface area (Å²) in [5.41, 5.74) is 3.74. The van der Waals surface area contributed by atoms with Gasteiger partial charge in [-0.1, -0.05) is 35.9 Å². The van der Waals surface area contributed by atoms with Crippen LogP contribution in [-0.4, -0.2) is 9.97 Å². The summed E-state index contributed by atoms with van der Waals surface area (Å²) >= 11 is 6.16. The summed E-state index contributed by atoms with van der Waals surface area (Å²) in [5.74, 6) is 1.28. The second kappa shape index (κ2) is 6.67. The Hall–Kier alpha value is -2.59. The lowest BCUT2D eigenvalue weighted by Gasteiger charge is -2.12. The molecule has 4 nitrogen and oxygen atoms in total. The van der Waals surface area contributed by atoms with Gasteiger partial charge in [-0.25, -0.2) is 4.98 Å². The number of nitrogens with one attached hydrogen (secondary N) is 2. The summed E-state index contributed by atoms with van der Waals surface area (Å²) in [4.78, 5) is 8.94. The van der Waals surface area contributed by atoms with Gasteiger partial charge in [-0.15, -0.1) is 0 Å². The van der Waals surface area contributed by atoms with E-state index in [1.54, 1.807) is 0 Å². The van der Waals surface area contributed by atoms with Crippen molar-refractivity contribution in [3.8, 4) is 0 Å². The highest BCUT2D eigenvalue weighted by molar-refractivity contribution is 6.31. The molecule has 0 radical (unpaired) electrons. The molecule has 116 valence electrons. The maximum atomic E-state index is 6.16. The Morgan fingerprint density at radius 2 is 1.65 bits per heavy atom. The zero-order valence-corrected chi connectivity index (χ0v) is 13.7. The maximum Gasteiger partial charge on any atom is 0.229 e. The normalized spacial score (nSPS) is 10.4. The average molecular weight is 325 g/mol. The van der Waals surface area contributed by atoms with Gasteiger partial charge in [0, 0.05) is 28.2 Å². The number of halogens is 1. The van der Waals surface area contributed by atoms with Gasteiger partial charge in [0.25, 0.3) is 0 Å². The fourth-order valence-electron chi connectivity index (χ4n) is 2.22. The van der Waals surface area contributed by atoms with Crippen LogP contribution in [0, 0.1) is 13.8 Å². The van der Waals surface area contributed by atoms with Gasteiger partial charge in [-0.2, -0.15) is 4.98 Å². The Bertz CT molecular complexity index is 819. The molecule has 0 bridgehead atoms. The number of hydrogen-bond donors (Lipinski definition) is 2. The topological polar surface area (TPSA) is 49.8 Å². The van der Waals surface area contributed by atoms with E-state index >= 15 is 0 Å². The van der Waals surface area contributed by atoms with Gasteiger partial charge >= 0.3 is 0 Å². The molecule has 0 saturated heterocycles. The Balaban J connectivity index is 1.87. The minimum absolute atomic E-state index is 0.554. The largest absolute Gasteiger partial charge is 0.340 e. The molecule has 0 fully saturated rings. The van der Waals surface area contributed by atoms with Crippen molar-refractivity contribution in [3.63, 3.8) is 0 Å². The van der Waals surface area contributed by atoms with E-state index in [2.05, 4.69) is 20.6 Å². The number of anilines is 4. The van der Waals surface area contributed by atoms with E-state index in [0.29, 0.717) is 5.95 Å². The molecule has 0 aliphatic carbocycles. The second-order valence-corrected chi connectivity index (χ2v) is 5.65. The van der Waals surface area contributed by atoms with E-state index in [1.807, 2.05) is 68.4 Å². The quantitative estimate of drug-likeness (QED) is 0.689. The van der Waals surface area contributed by atoms with Gasteiger partial charge in [0.1, 0.15) is 5.82 Å². The molecular weight excluding hydrogens is 308 g/mol. The molecule has 0 saturated carbocycles. The first-order valence-corrected chi connectivity index (χ1v) is 7.69. The number of para-hydroxylation sites is 1. The average Bonchev–Trinajstić information content (AvgIpc) is 2.52. The minimum Gasteiger partial charge on any atom is -0.340 e.